The molecule has 0 N–H and O–H groups in total. The van der Waals surface area contributed by atoms with Crippen LogP contribution in [0.5, 0.6) is 0 Å². The lowest BCUT2D eigenvalue weighted by molar-refractivity contribution is 0.563. The summed E-state index contributed by atoms with van der Waals surface area (Å²) in [6, 6.07) is 50.2. The van der Waals surface area contributed by atoms with Crippen LogP contribution in [-0.2, 0) is 10.8 Å². The minimum atomic E-state index is -0.411. The van der Waals surface area contributed by atoms with Crippen molar-refractivity contribution in [3.63, 3.8) is 0 Å². The van der Waals surface area contributed by atoms with Crippen LogP contribution in [0.3, 0.4) is 0 Å². The molecular formula is C47H36N2. The average molecular weight is 629 g/mol. The van der Waals surface area contributed by atoms with E-state index in [-0.39, 0.29) is 5.41 Å². The van der Waals surface area contributed by atoms with Gasteiger partial charge in [-0.25, -0.2) is 4.98 Å². The van der Waals surface area contributed by atoms with Crippen molar-refractivity contribution in [1.29, 1.82) is 0 Å². The molecule has 1 spiro atoms. The average Bonchev–Trinajstić information content (AvgIpc) is 3.63. The fraction of sp³-hybridized carbons (Fsp3) is 0.128. The van der Waals surface area contributed by atoms with Crippen LogP contribution in [0.1, 0.15) is 65.5 Å². The minimum absolute atomic E-state index is 0.117. The van der Waals surface area contributed by atoms with Crippen molar-refractivity contribution >= 4 is 33.4 Å². The fourth-order valence-electron chi connectivity index (χ4n) is 9.49. The maximum atomic E-state index is 5.12. The van der Waals surface area contributed by atoms with E-state index in [1.807, 2.05) is 0 Å². The normalized spacial score (nSPS) is 15.2. The number of fused-ring (bicyclic) bond motifs is 15. The van der Waals surface area contributed by atoms with Gasteiger partial charge in [-0.2, -0.15) is 0 Å². The van der Waals surface area contributed by atoms with E-state index >= 15 is 0 Å². The van der Waals surface area contributed by atoms with Crippen LogP contribution in [0.15, 0.2) is 140 Å². The summed E-state index contributed by atoms with van der Waals surface area (Å²) in [4.78, 5) is 5.12. The predicted octanol–water partition coefficient (Wildman–Crippen LogP) is 11.7. The second kappa shape index (κ2) is 9.90. The Bertz CT molecular complexity index is 2670. The quantitative estimate of drug-likeness (QED) is 0.174. The molecule has 0 unspecified atom stereocenters. The van der Waals surface area contributed by atoms with Crippen molar-refractivity contribution in [3.8, 4) is 22.3 Å². The van der Waals surface area contributed by atoms with Gasteiger partial charge in [-0.1, -0.05) is 147 Å². The Labute approximate surface area is 287 Å². The van der Waals surface area contributed by atoms with Gasteiger partial charge < -0.3 is 0 Å². The van der Waals surface area contributed by atoms with Gasteiger partial charge in [0.2, 0.25) is 0 Å². The number of hydrogen-bond donors (Lipinski definition) is 0. The van der Waals surface area contributed by atoms with E-state index in [4.69, 9.17) is 4.98 Å². The molecular weight excluding hydrogens is 593 g/mol. The molecule has 2 aliphatic carbocycles. The molecule has 2 aliphatic rings. The third kappa shape index (κ3) is 3.48. The molecule has 6 aromatic carbocycles. The van der Waals surface area contributed by atoms with Crippen molar-refractivity contribution in [2.45, 2.75) is 38.5 Å². The molecule has 2 heterocycles. The number of benzene rings is 6. The summed E-state index contributed by atoms with van der Waals surface area (Å²) in [6.07, 6.45) is 4.30. The molecule has 234 valence electrons. The third-order valence-corrected chi connectivity index (χ3v) is 11.5. The van der Waals surface area contributed by atoms with Crippen LogP contribution in [0, 0.1) is 6.92 Å². The minimum Gasteiger partial charge on any atom is -0.292 e. The van der Waals surface area contributed by atoms with E-state index in [9.17, 15) is 0 Å². The summed E-state index contributed by atoms with van der Waals surface area (Å²) < 4.78 is 2.37. The van der Waals surface area contributed by atoms with Gasteiger partial charge in [0, 0.05) is 16.2 Å². The third-order valence-electron chi connectivity index (χ3n) is 11.5. The molecule has 0 atom stereocenters. The molecule has 10 rings (SSSR count). The van der Waals surface area contributed by atoms with Crippen molar-refractivity contribution < 1.29 is 0 Å². The first-order valence-electron chi connectivity index (χ1n) is 17.4. The Morgan fingerprint density at radius 2 is 1.16 bits per heavy atom. The Morgan fingerprint density at radius 3 is 1.88 bits per heavy atom. The number of imidazole rings is 1. The zero-order valence-corrected chi connectivity index (χ0v) is 28.3. The molecule has 0 saturated carbocycles. The fourth-order valence-corrected chi connectivity index (χ4v) is 9.49. The van der Waals surface area contributed by atoms with Crippen LogP contribution >= 0.6 is 0 Å². The maximum absolute atomic E-state index is 5.12. The molecule has 2 aromatic heterocycles. The largest absolute Gasteiger partial charge is 0.292 e. The molecule has 0 bridgehead atoms. The molecule has 0 aliphatic heterocycles. The summed E-state index contributed by atoms with van der Waals surface area (Å²) in [7, 11) is 0. The first-order valence-corrected chi connectivity index (χ1v) is 17.4. The Morgan fingerprint density at radius 1 is 0.571 bits per heavy atom. The van der Waals surface area contributed by atoms with Gasteiger partial charge in [-0.15, -0.1) is 0 Å². The highest BCUT2D eigenvalue weighted by molar-refractivity contribution is 6.13. The lowest BCUT2D eigenvalue weighted by Crippen LogP contribution is -2.40. The van der Waals surface area contributed by atoms with Crippen molar-refractivity contribution in [2.75, 3.05) is 0 Å². The van der Waals surface area contributed by atoms with E-state index in [1.54, 1.807) is 0 Å². The summed E-state index contributed by atoms with van der Waals surface area (Å²) >= 11 is 0. The van der Waals surface area contributed by atoms with Gasteiger partial charge in [-0.05, 0) is 87.0 Å². The molecule has 0 radical (unpaired) electrons. The number of aryl methyl sites for hydroxylation is 1. The van der Waals surface area contributed by atoms with E-state index in [2.05, 4.69) is 178 Å². The number of aromatic nitrogens is 2. The molecule has 0 amide bonds. The summed E-state index contributed by atoms with van der Waals surface area (Å²) in [5.74, 6) is 0. The van der Waals surface area contributed by atoms with Crippen LogP contribution in [0.4, 0.5) is 0 Å². The predicted molar refractivity (Wildman–Crippen MR) is 205 cm³/mol. The van der Waals surface area contributed by atoms with Crippen LogP contribution in [0.2, 0.25) is 0 Å². The molecule has 49 heavy (non-hydrogen) atoms. The van der Waals surface area contributed by atoms with Gasteiger partial charge in [0.05, 0.1) is 22.3 Å². The van der Waals surface area contributed by atoms with E-state index in [1.165, 1.54) is 77.3 Å². The number of nitrogens with zero attached hydrogens (tertiary/aromatic N) is 2. The molecule has 2 heteroatoms. The van der Waals surface area contributed by atoms with Crippen LogP contribution < -0.4 is 0 Å². The van der Waals surface area contributed by atoms with Crippen molar-refractivity contribution in [1.82, 2.24) is 9.38 Å². The van der Waals surface area contributed by atoms with Gasteiger partial charge in [0.25, 0.3) is 0 Å². The molecule has 0 fully saturated rings. The van der Waals surface area contributed by atoms with Gasteiger partial charge in [0.15, 0.2) is 0 Å². The SMILES string of the molecule is C/C=C\c1c(C)nc2c3ccccc3c3ccc(-c4cccc5c4-c4ccccc4C54c5ccccc5C(C)(C)c5ccccc54)cc3n12. The molecule has 2 nitrogen and oxygen atoms in total. The van der Waals surface area contributed by atoms with E-state index < -0.39 is 5.41 Å². The molecule has 0 saturated heterocycles. The van der Waals surface area contributed by atoms with Crippen LogP contribution in [-0.4, -0.2) is 9.38 Å². The smallest absolute Gasteiger partial charge is 0.145 e. The van der Waals surface area contributed by atoms with Crippen LogP contribution in [0.25, 0.3) is 55.7 Å². The second-order valence-electron chi connectivity index (χ2n) is 14.3. The monoisotopic (exact) mass is 628 g/mol. The Hall–Kier alpha value is -5.73. The highest BCUT2D eigenvalue weighted by atomic mass is 15.0. The highest BCUT2D eigenvalue weighted by Gasteiger charge is 2.53. The number of pyridine rings is 1. The van der Waals surface area contributed by atoms with Gasteiger partial charge in [0.1, 0.15) is 5.65 Å². The van der Waals surface area contributed by atoms with Crippen molar-refractivity contribution in [3.05, 3.63) is 184 Å². The summed E-state index contributed by atoms with van der Waals surface area (Å²) in [5, 5.41) is 3.64. The summed E-state index contributed by atoms with van der Waals surface area (Å²) in [6.45, 7) is 8.97. The lowest BCUT2D eigenvalue weighted by atomic mass is 9.55. The highest BCUT2D eigenvalue weighted by Crippen LogP contribution is 2.63. The zero-order chi connectivity index (χ0) is 33.1. The number of rotatable bonds is 2. The molecule has 8 aromatic rings. The van der Waals surface area contributed by atoms with Crippen molar-refractivity contribution in [2.24, 2.45) is 0 Å². The lowest BCUT2D eigenvalue weighted by Gasteiger charge is -2.46. The Kier molecular flexibility index (Phi) is 5.72. The van der Waals surface area contributed by atoms with Gasteiger partial charge >= 0.3 is 0 Å². The Balaban J connectivity index is 1.33. The topological polar surface area (TPSA) is 17.3 Å². The number of hydrogen-bond acceptors (Lipinski definition) is 1. The first-order chi connectivity index (χ1) is 24.0. The standard InChI is InChI=1S/C47H36N2/c1-5-15-42-29(2)48-45-34-17-7-6-16-32(34)33-27-26-30(28-43(33)49(42)45)31-19-14-25-41-44(31)35-18-8-9-20-36(35)47(41)39-23-12-10-21-37(39)46(3,4)38-22-11-13-24-40(38)47/h5-28H,1-4H3/b15-5-. The second-order valence-corrected chi connectivity index (χ2v) is 14.3. The van der Waals surface area contributed by atoms with E-state index in [0.29, 0.717) is 0 Å². The summed E-state index contributed by atoms with van der Waals surface area (Å²) in [5.41, 5.74) is 17.2. The van der Waals surface area contributed by atoms with Gasteiger partial charge in [-0.3, -0.25) is 4.40 Å². The number of allylic oxidation sites excluding steroid dienone is 1. The maximum Gasteiger partial charge on any atom is 0.145 e. The first kappa shape index (κ1) is 28.3. The zero-order valence-electron chi connectivity index (χ0n) is 28.3. The van der Waals surface area contributed by atoms with E-state index in [0.717, 1.165) is 17.0 Å².